The number of benzene rings is 1. The van der Waals surface area contributed by atoms with E-state index >= 15 is 0 Å². The summed E-state index contributed by atoms with van der Waals surface area (Å²) < 4.78 is 13.7. The molecule has 0 unspecified atom stereocenters. The van der Waals surface area contributed by atoms with Crippen molar-refractivity contribution in [1.82, 2.24) is 20.3 Å². The van der Waals surface area contributed by atoms with E-state index in [1.807, 2.05) is 32.0 Å². The second kappa shape index (κ2) is 9.42. The predicted octanol–water partition coefficient (Wildman–Crippen LogP) is 4.14. The number of halogens is 1. The van der Waals surface area contributed by atoms with Crippen molar-refractivity contribution in [2.45, 2.75) is 40.2 Å². The maximum absolute atomic E-state index is 13.7. The summed E-state index contributed by atoms with van der Waals surface area (Å²) in [7, 11) is 0. The van der Waals surface area contributed by atoms with E-state index in [0.717, 1.165) is 54.1 Å². The number of rotatable bonds is 5. The molecular weight excluding hydrogens is 405 g/mol. The van der Waals surface area contributed by atoms with Crippen molar-refractivity contribution in [3.63, 3.8) is 0 Å². The van der Waals surface area contributed by atoms with E-state index in [1.54, 1.807) is 25.4 Å². The van der Waals surface area contributed by atoms with Crippen molar-refractivity contribution in [1.29, 1.82) is 0 Å². The average Bonchev–Trinajstić information content (AvgIpc) is 2.82. The Hall–Kier alpha value is -3.35. The van der Waals surface area contributed by atoms with Gasteiger partial charge in [0.15, 0.2) is 5.82 Å². The number of carbonyl (C=O) groups is 1. The molecule has 32 heavy (non-hydrogen) atoms. The van der Waals surface area contributed by atoms with Gasteiger partial charge in [0.25, 0.3) is 0 Å². The molecule has 4 rings (SSSR count). The lowest BCUT2D eigenvalue weighted by atomic mass is 9.95. The minimum atomic E-state index is -0.244. The van der Waals surface area contributed by atoms with Crippen molar-refractivity contribution in [3.8, 4) is 11.4 Å². The highest BCUT2D eigenvalue weighted by Gasteiger charge is 2.27. The summed E-state index contributed by atoms with van der Waals surface area (Å²) in [6.45, 7) is 7.61. The van der Waals surface area contributed by atoms with Crippen LogP contribution in [0.3, 0.4) is 0 Å². The molecule has 6 nitrogen and oxygen atoms in total. The number of nitrogens with one attached hydrogen (secondary N) is 1. The van der Waals surface area contributed by atoms with Crippen molar-refractivity contribution in [2.24, 2.45) is 5.92 Å². The van der Waals surface area contributed by atoms with Gasteiger partial charge in [-0.15, -0.1) is 0 Å². The fourth-order valence-electron chi connectivity index (χ4n) is 3.98. The van der Waals surface area contributed by atoms with Gasteiger partial charge in [0.05, 0.1) is 0 Å². The standard InChI is InChI=1S/C25H28FN5O/c1-16-6-7-19(13-22(16)26)14-28-25(32)20-8-11-31(12-9-20)24-17(2)18(3)29-23(30-24)21-5-4-10-27-15-21/h4-7,10,13,15,20H,8-9,11-12,14H2,1-3H3,(H,28,32). The van der Waals surface area contributed by atoms with Gasteiger partial charge < -0.3 is 10.2 Å². The number of hydrogen-bond acceptors (Lipinski definition) is 5. The molecule has 2 aromatic heterocycles. The summed E-state index contributed by atoms with van der Waals surface area (Å²) in [6, 6.07) is 8.90. The molecule has 1 aliphatic heterocycles. The minimum absolute atomic E-state index is 0.0253. The quantitative estimate of drug-likeness (QED) is 0.655. The summed E-state index contributed by atoms with van der Waals surface area (Å²) in [5.74, 6) is 1.32. The number of piperidine rings is 1. The van der Waals surface area contributed by atoms with Crippen LogP contribution in [0.25, 0.3) is 11.4 Å². The van der Waals surface area contributed by atoms with Crippen molar-refractivity contribution in [3.05, 3.63) is 70.9 Å². The molecule has 7 heteroatoms. The van der Waals surface area contributed by atoms with E-state index in [9.17, 15) is 9.18 Å². The molecular formula is C25H28FN5O. The summed E-state index contributed by atoms with van der Waals surface area (Å²) in [4.78, 5) is 28.5. The van der Waals surface area contributed by atoms with Crippen LogP contribution in [-0.2, 0) is 11.3 Å². The largest absolute Gasteiger partial charge is 0.356 e. The molecule has 3 heterocycles. The number of nitrogens with zero attached hydrogens (tertiary/aromatic N) is 4. The number of hydrogen-bond donors (Lipinski definition) is 1. The molecule has 0 saturated carbocycles. The van der Waals surface area contributed by atoms with Crippen molar-refractivity contribution < 1.29 is 9.18 Å². The smallest absolute Gasteiger partial charge is 0.223 e. The molecule has 3 aromatic rings. The molecule has 1 N–H and O–H groups in total. The molecule has 0 aliphatic carbocycles. The Morgan fingerprint density at radius 1 is 1.16 bits per heavy atom. The first-order chi connectivity index (χ1) is 15.4. The first kappa shape index (κ1) is 21.9. The van der Waals surface area contributed by atoms with Crippen LogP contribution < -0.4 is 10.2 Å². The Labute approximate surface area is 187 Å². The van der Waals surface area contributed by atoms with Crippen LogP contribution in [0, 0.1) is 32.5 Å². The van der Waals surface area contributed by atoms with Crippen molar-refractivity contribution in [2.75, 3.05) is 18.0 Å². The topological polar surface area (TPSA) is 71.0 Å². The van der Waals surface area contributed by atoms with Crippen LogP contribution in [-0.4, -0.2) is 33.9 Å². The van der Waals surface area contributed by atoms with E-state index in [0.29, 0.717) is 17.9 Å². The van der Waals surface area contributed by atoms with E-state index < -0.39 is 0 Å². The lowest BCUT2D eigenvalue weighted by molar-refractivity contribution is -0.125. The van der Waals surface area contributed by atoms with Crippen LogP contribution in [0.1, 0.15) is 35.2 Å². The lowest BCUT2D eigenvalue weighted by Gasteiger charge is -2.33. The highest BCUT2D eigenvalue weighted by molar-refractivity contribution is 5.79. The van der Waals surface area contributed by atoms with E-state index in [-0.39, 0.29) is 17.6 Å². The molecule has 1 amide bonds. The fourth-order valence-corrected chi connectivity index (χ4v) is 3.98. The summed E-state index contributed by atoms with van der Waals surface area (Å²) in [5, 5.41) is 2.96. The van der Waals surface area contributed by atoms with Gasteiger partial charge in [-0.25, -0.2) is 14.4 Å². The lowest BCUT2D eigenvalue weighted by Crippen LogP contribution is -2.41. The Morgan fingerprint density at radius 3 is 2.62 bits per heavy atom. The molecule has 1 fully saturated rings. The summed E-state index contributed by atoms with van der Waals surface area (Å²) in [6.07, 6.45) is 5.00. The second-order valence-electron chi connectivity index (χ2n) is 8.39. The zero-order valence-corrected chi connectivity index (χ0v) is 18.7. The Bertz CT molecular complexity index is 1110. The summed E-state index contributed by atoms with van der Waals surface area (Å²) in [5.41, 5.74) is 4.27. The number of amides is 1. The second-order valence-corrected chi connectivity index (χ2v) is 8.39. The molecule has 166 valence electrons. The van der Waals surface area contributed by atoms with Gasteiger partial charge in [-0.05, 0) is 62.9 Å². The Morgan fingerprint density at radius 2 is 1.94 bits per heavy atom. The maximum atomic E-state index is 13.7. The maximum Gasteiger partial charge on any atom is 0.223 e. The molecule has 0 atom stereocenters. The van der Waals surface area contributed by atoms with Crippen LogP contribution in [0.5, 0.6) is 0 Å². The van der Waals surface area contributed by atoms with Gasteiger partial charge in [0.1, 0.15) is 11.6 Å². The van der Waals surface area contributed by atoms with Gasteiger partial charge in [-0.2, -0.15) is 0 Å². The van der Waals surface area contributed by atoms with Gasteiger partial charge in [-0.1, -0.05) is 12.1 Å². The highest BCUT2D eigenvalue weighted by Crippen LogP contribution is 2.28. The Balaban J connectivity index is 1.39. The SMILES string of the molecule is Cc1ccc(CNC(=O)C2CCN(c3nc(-c4cccnc4)nc(C)c3C)CC2)cc1F. The van der Waals surface area contributed by atoms with Crippen LogP contribution in [0.4, 0.5) is 10.2 Å². The van der Waals surface area contributed by atoms with Crippen LogP contribution in [0.15, 0.2) is 42.7 Å². The third-order valence-corrected chi connectivity index (χ3v) is 6.15. The van der Waals surface area contributed by atoms with Crippen molar-refractivity contribution >= 4 is 11.7 Å². The summed E-state index contributed by atoms with van der Waals surface area (Å²) >= 11 is 0. The van der Waals surface area contributed by atoms with E-state index in [4.69, 9.17) is 4.98 Å². The zero-order chi connectivity index (χ0) is 22.7. The first-order valence-corrected chi connectivity index (χ1v) is 11.0. The highest BCUT2D eigenvalue weighted by atomic mass is 19.1. The molecule has 1 aliphatic rings. The molecule has 1 aromatic carbocycles. The monoisotopic (exact) mass is 433 g/mol. The van der Waals surface area contributed by atoms with Gasteiger partial charge in [-0.3, -0.25) is 9.78 Å². The normalized spacial score (nSPS) is 14.4. The van der Waals surface area contributed by atoms with Gasteiger partial charge in [0.2, 0.25) is 5.91 Å². The first-order valence-electron chi connectivity index (χ1n) is 11.0. The molecule has 0 radical (unpaired) electrons. The third-order valence-electron chi connectivity index (χ3n) is 6.15. The molecule has 1 saturated heterocycles. The van der Waals surface area contributed by atoms with Gasteiger partial charge >= 0.3 is 0 Å². The van der Waals surface area contributed by atoms with Gasteiger partial charge in [0, 0.05) is 54.8 Å². The van der Waals surface area contributed by atoms with Crippen LogP contribution in [0.2, 0.25) is 0 Å². The third kappa shape index (κ3) is 4.77. The number of aromatic nitrogens is 3. The van der Waals surface area contributed by atoms with E-state index in [2.05, 4.69) is 20.2 Å². The minimum Gasteiger partial charge on any atom is -0.356 e. The number of pyridine rings is 1. The molecule has 0 bridgehead atoms. The molecule has 0 spiro atoms. The number of carbonyl (C=O) groups excluding carboxylic acids is 1. The Kier molecular flexibility index (Phi) is 6.44. The van der Waals surface area contributed by atoms with Crippen LogP contribution >= 0.6 is 0 Å². The predicted molar refractivity (Wildman–Crippen MR) is 123 cm³/mol. The fraction of sp³-hybridized carbons (Fsp3) is 0.360. The zero-order valence-electron chi connectivity index (χ0n) is 18.7. The number of anilines is 1. The average molecular weight is 434 g/mol. The van der Waals surface area contributed by atoms with E-state index in [1.165, 1.54) is 6.07 Å². The number of aryl methyl sites for hydroxylation is 2.